The molecule has 10 heteroatoms. The normalized spacial score (nSPS) is 10.3. The molecule has 0 unspecified atom stereocenters. The molecular formula is C16H16N4O6. The van der Waals surface area contributed by atoms with E-state index in [-0.39, 0.29) is 11.9 Å². The summed E-state index contributed by atoms with van der Waals surface area (Å²) in [5.74, 6) is 1.77. The molecule has 0 aliphatic carbocycles. The molecule has 3 rings (SSSR count). The van der Waals surface area contributed by atoms with Crippen molar-refractivity contribution in [2.24, 2.45) is 0 Å². The standard InChI is InChI=1S/C16H16N4O6/c1-22-11-7-9(8-12(23-2)13(11)24-3)17-15(21)18-16-20-19-14(26-16)10-5-4-6-25-10/h4-8H,1-3H3,(H2,17,18,20,21). The van der Waals surface area contributed by atoms with Crippen LogP contribution in [0.15, 0.2) is 39.4 Å². The molecular weight excluding hydrogens is 344 g/mol. The average molecular weight is 360 g/mol. The van der Waals surface area contributed by atoms with E-state index in [0.717, 1.165) is 0 Å². The second-order valence-electron chi connectivity index (χ2n) is 4.88. The molecule has 2 N–H and O–H groups in total. The van der Waals surface area contributed by atoms with E-state index < -0.39 is 6.03 Å². The van der Waals surface area contributed by atoms with Gasteiger partial charge in [-0.1, -0.05) is 5.10 Å². The number of ether oxygens (including phenoxy) is 3. The maximum Gasteiger partial charge on any atom is 0.327 e. The molecule has 1 aromatic carbocycles. The fraction of sp³-hybridized carbons (Fsp3) is 0.188. The predicted octanol–water partition coefficient (Wildman–Crippen LogP) is 3.00. The number of furan rings is 1. The van der Waals surface area contributed by atoms with E-state index in [2.05, 4.69) is 20.8 Å². The van der Waals surface area contributed by atoms with Crippen LogP contribution in [0.4, 0.5) is 16.5 Å². The average Bonchev–Trinajstić information content (AvgIpc) is 3.32. The first-order chi connectivity index (χ1) is 12.6. The first kappa shape index (κ1) is 17.1. The van der Waals surface area contributed by atoms with Gasteiger partial charge in [0.25, 0.3) is 5.89 Å². The zero-order valence-corrected chi connectivity index (χ0v) is 14.2. The number of hydrogen-bond donors (Lipinski definition) is 2. The minimum atomic E-state index is -0.589. The molecule has 2 amide bonds. The summed E-state index contributed by atoms with van der Waals surface area (Å²) in [4.78, 5) is 12.1. The Morgan fingerprint density at radius 1 is 1.04 bits per heavy atom. The van der Waals surface area contributed by atoms with Crippen molar-refractivity contribution in [2.75, 3.05) is 32.0 Å². The Morgan fingerprint density at radius 3 is 2.35 bits per heavy atom. The molecule has 0 atom stereocenters. The van der Waals surface area contributed by atoms with Gasteiger partial charge in [0.1, 0.15) is 0 Å². The van der Waals surface area contributed by atoms with Crippen LogP contribution in [0.5, 0.6) is 17.2 Å². The Balaban J connectivity index is 1.72. The molecule has 2 aromatic heterocycles. The number of hydrogen-bond acceptors (Lipinski definition) is 8. The van der Waals surface area contributed by atoms with Gasteiger partial charge in [-0.3, -0.25) is 5.32 Å². The molecule has 0 bridgehead atoms. The van der Waals surface area contributed by atoms with Gasteiger partial charge in [0, 0.05) is 12.1 Å². The second-order valence-corrected chi connectivity index (χ2v) is 4.88. The Kier molecular flexibility index (Phi) is 4.92. The molecule has 0 aliphatic rings. The summed E-state index contributed by atoms with van der Waals surface area (Å²) in [5.41, 5.74) is 0.419. The van der Waals surface area contributed by atoms with Crippen LogP contribution in [-0.4, -0.2) is 37.6 Å². The number of nitrogens with zero attached hydrogens (tertiary/aromatic N) is 2. The number of carbonyl (C=O) groups excluding carboxylic acids is 1. The first-order valence-corrected chi connectivity index (χ1v) is 7.40. The maximum absolute atomic E-state index is 12.1. The molecule has 0 aliphatic heterocycles. The van der Waals surface area contributed by atoms with Crippen molar-refractivity contribution < 1.29 is 27.8 Å². The number of aromatic nitrogens is 2. The molecule has 10 nitrogen and oxygen atoms in total. The van der Waals surface area contributed by atoms with Crippen LogP contribution in [0.3, 0.4) is 0 Å². The van der Waals surface area contributed by atoms with Gasteiger partial charge < -0.3 is 28.4 Å². The lowest BCUT2D eigenvalue weighted by Gasteiger charge is -2.14. The number of carbonyl (C=O) groups is 1. The molecule has 26 heavy (non-hydrogen) atoms. The largest absolute Gasteiger partial charge is 0.493 e. The summed E-state index contributed by atoms with van der Waals surface area (Å²) < 4.78 is 26.2. The van der Waals surface area contributed by atoms with Crippen LogP contribution >= 0.6 is 0 Å². The van der Waals surface area contributed by atoms with Crippen LogP contribution in [0.1, 0.15) is 0 Å². The van der Waals surface area contributed by atoms with Crippen molar-refractivity contribution in [3.63, 3.8) is 0 Å². The van der Waals surface area contributed by atoms with Crippen molar-refractivity contribution in [1.82, 2.24) is 10.2 Å². The Labute approximate surface area is 148 Å². The predicted molar refractivity (Wildman–Crippen MR) is 90.7 cm³/mol. The van der Waals surface area contributed by atoms with Gasteiger partial charge in [0.2, 0.25) is 5.75 Å². The van der Waals surface area contributed by atoms with Gasteiger partial charge in [0.15, 0.2) is 17.3 Å². The van der Waals surface area contributed by atoms with Gasteiger partial charge in [-0.05, 0) is 12.1 Å². The minimum Gasteiger partial charge on any atom is -0.493 e. The molecule has 0 fully saturated rings. The highest BCUT2D eigenvalue weighted by Crippen LogP contribution is 2.39. The number of amides is 2. The topological polar surface area (TPSA) is 121 Å². The van der Waals surface area contributed by atoms with Gasteiger partial charge in [-0.25, -0.2) is 4.79 Å². The van der Waals surface area contributed by atoms with Crippen molar-refractivity contribution in [1.29, 1.82) is 0 Å². The summed E-state index contributed by atoms with van der Waals surface area (Å²) >= 11 is 0. The lowest BCUT2D eigenvalue weighted by atomic mass is 10.2. The molecule has 0 radical (unpaired) electrons. The lowest BCUT2D eigenvalue weighted by Crippen LogP contribution is -2.19. The third-order valence-electron chi connectivity index (χ3n) is 3.30. The molecule has 2 heterocycles. The third-order valence-corrected chi connectivity index (χ3v) is 3.30. The van der Waals surface area contributed by atoms with E-state index in [1.807, 2.05) is 0 Å². The van der Waals surface area contributed by atoms with Crippen molar-refractivity contribution >= 4 is 17.7 Å². The summed E-state index contributed by atoms with van der Waals surface area (Å²) in [6.45, 7) is 0. The summed E-state index contributed by atoms with van der Waals surface area (Å²) in [7, 11) is 4.46. The quantitative estimate of drug-likeness (QED) is 0.688. The fourth-order valence-electron chi connectivity index (χ4n) is 2.19. The number of nitrogens with one attached hydrogen (secondary N) is 2. The molecule has 136 valence electrons. The van der Waals surface area contributed by atoms with Crippen LogP contribution in [0.25, 0.3) is 11.7 Å². The maximum atomic E-state index is 12.1. The molecule has 0 spiro atoms. The van der Waals surface area contributed by atoms with Gasteiger partial charge in [0.05, 0.1) is 33.3 Å². The molecule has 3 aromatic rings. The number of anilines is 2. The second kappa shape index (κ2) is 7.47. The van der Waals surface area contributed by atoms with E-state index in [1.54, 1.807) is 24.3 Å². The van der Waals surface area contributed by atoms with Crippen molar-refractivity contribution in [3.05, 3.63) is 30.5 Å². The molecule has 0 saturated carbocycles. The number of rotatable bonds is 6. The molecule has 0 saturated heterocycles. The SMILES string of the molecule is COc1cc(NC(=O)Nc2nnc(-c3ccco3)o2)cc(OC)c1OC. The number of urea groups is 1. The Hall–Kier alpha value is -3.69. The minimum absolute atomic E-state index is 0.0821. The third kappa shape index (κ3) is 3.53. The Morgan fingerprint density at radius 2 is 1.77 bits per heavy atom. The summed E-state index contributed by atoms with van der Waals surface area (Å²) in [6, 6.07) is 5.85. The highest BCUT2D eigenvalue weighted by atomic mass is 16.5. The summed E-state index contributed by atoms with van der Waals surface area (Å²) in [5, 5.41) is 12.6. The summed E-state index contributed by atoms with van der Waals surface area (Å²) in [6.07, 6.45) is 1.48. The highest BCUT2D eigenvalue weighted by Gasteiger charge is 2.16. The monoisotopic (exact) mass is 360 g/mol. The zero-order valence-electron chi connectivity index (χ0n) is 14.2. The van der Waals surface area contributed by atoms with Crippen molar-refractivity contribution in [2.45, 2.75) is 0 Å². The van der Waals surface area contributed by atoms with E-state index in [1.165, 1.54) is 27.6 Å². The number of methoxy groups -OCH3 is 3. The van der Waals surface area contributed by atoms with Crippen LogP contribution in [-0.2, 0) is 0 Å². The van der Waals surface area contributed by atoms with Crippen LogP contribution < -0.4 is 24.8 Å². The lowest BCUT2D eigenvalue weighted by molar-refractivity contribution is 0.261. The van der Waals surface area contributed by atoms with E-state index in [4.69, 9.17) is 23.0 Å². The van der Waals surface area contributed by atoms with Crippen molar-refractivity contribution in [3.8, 4) is 28.9 Å². The van der Waals surface area contributed by atoms with Gasteiger partial charge >= 0.3 is 12.0 Å². The number of benzene rings is 1. The van der Waals surface area contributed by atoms with Crippen LogP contribution in [0, 0.1) is 0 Å². The first-order valence-electron chi connectivity index (χ1n) is 7.40. The van der Waals surface area contributed by atoms with Gasteiger partial charge in [-0.2, -0.15) is 0 Å². The van der Waals surface area contributed by atoms with Crippen LogP contribution in [0.2, 0.25) is 0 Å². The highest BCUT2D eigenvalue weighted by molar-refractivity contribution is 5.98. The van der Waals surface area contributed by atoms with E-state index >= 15 is 0 Å². The van der Waals surface area contributed by atoms with E-state index in [9.17, 15) is 4.79 Å². The zero-order chi connectivity index (χ0) is 18.5. The Bertz CT molecular complexity index is 865. The van der Waals surface area contributed by atoms with E-state index in [0.29, 0.717) is 28.7 Å². The van der Waals surface area contributed by atoms with Gasteiger partial charge in [-0.15, -0.1) is 5.10 Å². The fourth-order valence-corrected chi connectivity index (χ4v) is 2.19. The smallest absolute Gasteiger partial charge is 0.327 e.